The lowest BCUT2D eigenvalue weighted by molar-refractivity contribution is 0.103. The van der Waals surface area contributed by atoms with Crippen LogP contribution in [0, 0.1) is 0 Å². The van der Waals surface area contributed by atoms with Crippen LogP contribution >= 0.6 is 46.0 Å². The molecule has 140 valence electrons. The maximum absolute atomic E-state index is 12.6. The summed E-state index contributed by atoms with van der Waals surface area (Å²) in [5.41, 5.74) is 1.16. The Labute approximate surface area is 179 Å². The Morgan fingerprint density at radius 2 is 1.86 bits per heavy atom. The summed E-state index contributed by atoms with van der Waals surface area (Å²) in [7, 11) is 0. The Balaban J connectivity index is 1.37. The molecule has 2 aromatic heterocycles. The molecule has 0 radical (unpaired) electrons. The molecule has 4 nitrogen and oxygen atoms in total. The molecule has 1 amide bonds. The number of amides is 1. The van der Waals surface area contributed by atoms with Crippen LogP contribution in [0.15, 0.2) is 65.0 Å². The molecule has 0 saturated carbocycles. The molecule has 4 rings (SSSR count). The largest absolute Gasteiger partial charge is 0.296 e. The number of thiophene rings is 1. The van der Waals surface area contributed by atoms with Crippen LogP contribution in [0.1, 0.15) is 15.2 Å². The number of fused-ring (bicyclic) bond motifs is 1. The van der Waals surface area contributed by atoms with Gasteiger partial charge in [-0.2, -0.15) is 0 Å². The summed E-state index contributed by atoms with van der Waals surface area (Å²) in [5.74, 6) is 0.516. The van der Waals surface area contributed by atoms with Crippen molar-refractivity contribution in [2.45, 2.75) is 4.34 Å². The van der Waals surface area contributed by atoms with Gasteiger partial charge in [0.05, 0.1) is 5.02 Å². The number of nitrogens with one attached hydrogen (secondary N) is 1. The highest BCUT2D eigenvalue weighted by atomic mass is 35.5. The number of carbonyl (C=O) groups is 1. The summed E-state index contributed by atoms with van der Waals surface area (Å²) < 4.78 is 1.78. The van der Waals surface area contributed by atoms with Gasteiger partial charge >= 0.3 is 0 Å². The van der Waals surface area contributed by atoms with Crippen LogP contribution in [0.4, 0.5) is 5.13 Å². The highest BCUT2D eigenvalue weighted by molar-refractivity contribution is 8.01. The van der Waals surface area contributed by atoms with Crippen molar-refractivity contribution in [3.05, 3.63) is 76.1 Å². The van der Waals surface area contributed by atoms with Crippen LogP contribution in [-0.2, 0) is 0 Å². The van der Waals surface area contributed by atoms with Crippen molar-refractivity contribution in [1.29, 1.82) is 0 Å². The molecular formula is C20H14ClN3OS3. The van der Waals surface area contributed by atoms with E-state index in [2.05, 4.69) is 39.8 Å². The molecule has 2 heterocycles. The Morgan fingerprint density at radius 1 is 1.07 bits per heavy atom. The minimum absolute atomic E-state index is 0.261. The molecule has 2 aromatic carbocycles. The SMILES string of the molecule is O=C(Nc1nnc(SC/C=C/c2ccccc2)s1)c1sc2ccccc2c1Cl. The van der Waals surface area contributed by atoms with Gasteiger partial charge in [-0.05, 0) is 11.6 Å². The van der Waals surface area contributed by atoms with Gasteiger partial charge in [0, 0.05) is 15.8 Å². The molecule has 8 heteroatoms. The van der Waals surface area contributed by atoms with Crippen molar-refractivity contribution in [1.82, 2.24) is 10.2 Å². The lowest BCUT2D eigenvalue weighted by Crippen LogP contribution is -2.10. The number of anilines is 1. The van der Waals surface area contributed by atoms with E-state index in [1.165, 1.54) is 22.7 Å². The van der Waals surface area contributed by atoms with Gasteiger partial charge in [-0.1, -0.05) is 95.4 Å². The van der Waals surface area contributed by atoms with Gasteiger partial charge in [-0.3, -0.25) is 10.1 Å². The van der Waals surface area contributed by atoms with E-state index in [1.54, 1.807) is 11.8 Å². The van der Waals surface area contributed by atoms with Gasteiger partial charge in [0.2, 0.25) is 5.13 Å². The normalized spacial score (nSPS) is 11.3. The number of aromatic nitrogens is 2. The lowest BCUT2D eigenvalue weighted by Gasteiger charge is -1.98. The first-order valence-electron chi connectivity index (χ1n) is 8.37. The van der Waals surface area contributed by atoms with Gasteiger partial charge in [0.25, 0.3) is 5.91 Å². The van der Waals surface area contributed by atoms with Crippen LogP contribution in [-0.4, -0.2) is 21.9 Å². The third-order valence-corrected chi connectivity index (χ3v) is 7.38. The number of carbonyl (C=O) groups excluding carboxylic acids is 1. The second kappa shape index (κ2) is 8.87. The van der Waals surface area contributed by atoms with Gasteiger partial charge < -0.3 is 0 Å². The first-order valence-corrected chi connectivity index (χ1v) is 11.4. The van der Waals surface area contributed by atoms with E-state index in [-0.39, 0.29) is 5.91 Å². The second-order valence-corrected chi connectivity index (χ2v) is 9.37. The van der Waals surface area contributed by atoms with E-state index < -0.39 is 0 Å². The third-order valence-electron chi connectivity index (χ3n) is 3.78. The molecule has 0 bridgehead atoms. The van der Waals surface area contributed by atoms with Crippen LogP contribution in [0.25, 0.3) is 16.2 Å². The summed E-state index contributed by atoms with van der Waals surface area (Å²) in [5, 5.41) is 12.8. The molecule has 0 unspecified atom stereocenters. The van der Waals surface area contributed by atoms with E-state index in [1.807, 2.05) is 42.5 Å². The van der Waals surface area contributed by atoms with Crippen LogP contribution in [0.5, 0.6) is 0 Å². The van der Waals surface area contributed by atoms with Gasteiger partial charge in [-0.15, -0.1) is 21.5 Å². The standard InChI is InChI=1S/C20H14ClN3OS3/c21-16-14-10-4-5-11-15(14)27-17(16)18(25)22-19-23-24-20(28-19)26-12-6-9-13-7-2-1-3-8-13/h1-11H,12H2,(H,22,23,25)/b9-6+. The quantitative estimate of drug-likeness (QED) is 0.274. The van der Waals surface area contributed by atoms with Gasteiger partial charge in [0.1, 0.15) is 4.88 Å². The van der Waals surface area contributed by atoms with Crippen LogP contribution < -0.4 is 5.32 Å². The van der Waals surface area contributed by atoms with Crippen molar-refractivity contribution in [2.24, 2.45) is 0 Å². The number of thioether (sulfide) groups is 1. The maximum Gasteiger partial charge on any atom is 0.269 e. The Hall–Kier alpha value is -2.19. The van der Waals surface area contributed by atoms with E-state index in [9.17, 15) is 4.79 Å². The molecule has 0 aliphatic heterocycles. The van der Waals surface area contributed by atoms with Crippen molar-refractivity contribution in [2.75, 3.05) is 11.1 Å². The molecule has 0 spiro atoms. The third kappa shape index (κ3) is 4.44. The summed E-state index contributed by atoms with van der Waals surface area (Å²) in [4.78, 5) is 13.1. The molecule has 28 heavy (non-hydrogen) atoms. The summed E-state index contributed by atoms with van der Waals surface area (Å²) in [6.45, 7) is 0. The number of hydrogen-bond donors (Lipinski definition) is 1. The topological polar surface area (TPSA) is 54.9 Å². The molecule has 4 aromatic rings. The first-order chi connectivity index (χ1) is 13.7. The van der Waals surface area contributed by atoms with E-state index in [0.717, 1.165) is 25.7 Å². The molecule has 1 N–H and O–H groups in total. The minimum Gasteiger partial charge on any atom is -0.296 e. The Bertz CT molecular complexity index is 1140. The molecule has 0 aliphatic rings. The number of nitrogens with zero attached hydrogens (tertiary/aromatic N) is 2. The van der Waals surface area contributed by atoms with Crippen molar-refractivity contribution in [3.63, 3.8) is 0 Å². The highest BCUT2D eigenvalue weighted by Gasteiger charge is 2.18. The van der Waals surface area contributed by atoms with Crippen molar-refractivity contribution in [3.8, 4) is 0 Å². The maximum atomic E-state index is 12.6. The van der Waals surface area contributed by atoms with Gasteiger partial charge in [0.15, 0.2) is 4.34 Å². The summed E-state index contributed by atoms with van der Waals surface area (Å²) in [6.07, 6.45) is 4.15. The van der Waals surface area contributed by atoms with Crippen molar-refractivity contribution >= 4 is 73.2 Å². The monoisotopic (exact) mass is 443 g/mol. The average Bonchev–Trinajstić information content (AvgIpc) is 3.30. The smallest absolute Gasteiger partial charge is 0.269 e. The number of rotatable bonds is 6. The Kier molecular flexibility index (Phi) is 6.07. The molecule has 0 fully saturated rings. The Morgan fingerprint density at radius 3 is 2.68 bits per heavy atom. The van der Waals surface area contributed by atoms with Crippen molar-refractivity contribution < 1.29 is 4.79 Å². The lowest BCUT2D eigenvalue weighted by atomic mass is 10.2. The molecule has 0 aliphatic carbocycles. The zero-order valence-electron chi connectivity index (χ0n) is 14.5. The zero-order chi connectivity index (χ0) is 19.3. The first kappa shape index (κ1) is 19.1. The fourth-order valence-electron chi connectivity index (χ4n) is 2.50. The zero-order valence-corrected chi connectivity index (χ0v) is 17.7. The summed E-state index contributed by atoms with van der Waals surface area (Å²) >= 11 is 10.7. The van der Waals surface area contributed by atoms with E-state index in [4.69, 9.17) is 11.6 Å². The van der Waals surface area contributed by atoms with Gasteiger partial charge in [-0.25, -0.2) is 0 Å². The average molecular weight is 444 g/mol. The molecule has 0 saturated heterocycles. The second-order valence-electron chi connectivity index (χ2n) is 5.69. The predicted molar refractivity (Wildman–Crippen MR) is 121 cm³/mol. The number of benzene rings is 2. The predicted octanol–water partition coefficient (Wildman–Crippen LogP) is 6.46. The van der Waals surface area contributed by atoms with E-state index in [0.29, 0.717) is 15.0 Å². The number of hydrogen-bond acceptors (Lipinski definition) is 6. The number of halogens is 1. The minimum atomic E-state index is -0.261. The van der Waals surface area contributed by atoms with E-state index >= 15 is 0 Å². The molecule has 0 atom stereocenters. The molecular weight excluding hydrogens is 430 g/mol. The fraction of sp³-hybridized carbons (Fsp3) is 0.0500. The van der Waals surface area contributed by atoms with Crippen LogP contribution in [0.3, 0.4) is 0 Å². The fourth-order valence-corrected chi connectivity index (χ4v) is 5.50. The van der Waals surface area contributed by atoms with Crippen LogP contribution in [0.2, 0.25) is 5.02 Å². The highest BCUT2D eigenvalue weighted by Crippen LogP contribution is 2.36. The summed E-state index contributed by atoms with van der Waals surface area (Å²) in [6, 6.07) is 17.8.